The molecule has 1 aromatic carbocycles. The highest BCUT2D eigenvalue weighted by Gasteiger charge is 2.33. The van der Waals surface area contributed by atoms with E-state index in [1.165, 1.54) is 32.1 Å². The van der Waals surface area contributed by atoms with Crippen molar-refractivity contribution in [2.24, 2.45) is 5.92 Å². The molecule has 0 spiro atoms. The Hall–Kier alpha value is -1.40. The SMILES string of the molecule is CN(Cc1ccccc1NC(=O)C1CCS(=O)(=O)C1)C1CCCCC1. The van der Waals surface area contributed by atoms with E-state index in [0.717, 1.165) is 17.8 Å². The van der Waals surface area contributed by atoms with Gasteiger partial charge in [0.2, 0.25) is 5.91 Å². The third-order valence-electron chi connectivity index (χ3n) is 5.50. The Morgan fingerprint density at radius 1 is 1.16 bits per heavy atom. The molecule has 1 saturated carbocycles. The number of para-hydroxylation sites is 1. The number of amides is 1. The molecule has 1 aromatic rings. The van der Waals surface area contributed by atoms with Crippen LogP contribution in [0.25, 0.3) is 0 Å². The topological polar surface area (TPSA) is 66.5 Å². The number of anilines is 1. The van der Waals surface area contributed by atoms with Crippen LogP contribution in [0.5, 0.6) is 0 Å². The molecule has 2 fully saturated rings. The van der Waals surface area contributed by atoms with Crippen molar-refractivity contribution >= 4 is 21.4 Å². The molecule has 3 rings (SSSR count). The maximum absolute atomic E-state index is 12.5. The van der Waals surface area contributed by atoms with Crippen LogP contribution in [0.15, 0.2) is 24.3 Å². The lowest BCUT2D eigenvalue weighted by molar-refractivity contribution is -0.119. The minimum atomic E-state index is -3.05. The van der Waals surface area contributed by atoms with E-state index in [1.807, 2.05) is 24.3 Å². The quantitative estimate of drug-likeness (QED) is 0.872. The highest BCUT2D eigenvalue weighted by molar-refractivity contribution is 7.91. The van der Waals surface area contributed by atoms with Crippen LogP contribution in [-0.4, -0.2) is 43.8 Å². The average molecular weight is 365 g/mol. The smallest absolute Gasteiger partial charge is 0.228 e. The summed E-state index contributed by atoms with van der Waals surface area (Å²) in [7, 11) is -0.895. The van der Waals surface area contributed by atoms with Crippen molar-refractivity contribution in [1.82, 2.24) is 4.90 Å². The molecule has 0 aromatic heterocycles. The lowest BCUT2D eigenvalue weighted by atomic mass is 9.94. The number of hydrogen-bond acceptors (Lipinski definition) is 4. The first-order valence-corrected chi connectivity index (χ1v) is 11.1. The van der Waals surface area contributed by atoms with E-state index in [2.05, 4.69) is 17.3 Å². The van der Waals surface area contributed by atoms with Gasteiger partial charge in [-0.1, -0.05) is 37.5 Å². The van der Waals surface area contributed by atoms with E-state index in [0.29, 0.717) is 12.5 Å². The van der Waals surface area contributed by atoms with Gasteiger partial charge in [0, 0.05) is 18.3 Å². The second-order valence-corrected chi connectivity index (χ2v) is 9.68. The minimum absolute atomic E-state index is 0.0248. The van der Waals surface area contributed by atoms with Gasteiger partial charge in [-0.3, -0.25) is 9.69 Å². The Bertz CT molecular complexity index is 711. The first-order valence-electron chi connectivity index (χ1n) is 9.24. The fourth-order valence-corrected chi connectivity index (χ4v) is 5.68. The molecule has 1 unspecified atom stereocenters. The van der Waals surface area contributed by atoms with E-state index in [4.69, 9.17) is 0 Å². The largest absolute Gasteiger partial charge is 0.326 e. The minimum Gasteiger partial charge on any atom is -0.326 e. The van der Waals surface area contributed by atoms with Gasteiger partial charge in [0.15, 0.2) is 9.84 Å². The third-order valence-corrected chi connectivity index (χ3v) is 7.26. The van der Waals surface area contributed by atoms with Gasteiger partial charge in [0.05, 0.1) is 17.4 Å². The lowest BCUT2D eigenvalue weighted by Gasteiger charge is -2.31. The number of hydrogen-bond donors (Lipinski definition) is 1. The Balaban J connectivity index is 1.65. The van der Waals surface area contributed by atoms with Gasteiger partial charge in [-0.15, -0.1) is 0 Å². The third kappa shape index (κ3) is 4.82. The normalized spacial score (nSPS) is 23.7. The summed E-state index contributed by atoms with van der Waals surface area (Å²) in [5, 5.41) is 2.97. The molecule has 0 radical (unpaired) electrons. The molecule has 2 aliphatic rings. The van der Waals surface area contributed by atoms with Crippen molar-refractivity contribution in [3.8, 4) is 0 Å². The van der Waals surface area contributed by atoms with Gasteiger partial charge in [0.1, 0.15) is 0 Å². The summed E-state index contributed by atoms with van der Waals surface area (Å²) in [6.07, 6.45) is 6.84. The van der Waals surface area contributed by atoms with E-state index in [9.17, 15) is 13.2 Å². The van der Waals surface area contributed by atoms with Crippen LogP contribution in [0.2, 0.25) is 0 Å². The standard InChI is InChI=1S/C19H28N2O3S/c1-21(17-8-3-2-4-9-17)13-15-7-5-6-10-18(15)20-19(22)16-11-12-25(23,24)14-16/h5-7,10,16-17H,2-4,8-9,11-14H2,1H3,(H,20,22). The van der Waals surface area contributed by atoms with Crippen molar-refractivity contribution in [2.45, 2.75) is 51.1 Å². The Morgan fingerprint density at radius 2 is 1.88 bits per heavy atom. The van der Waals surface area contributed by atoms with E-state index in [-0.39, 0.29) is 17.4 Å². The first kappa shape index (κ1) is 18.4. The zero-order valence-electron chi connectivity index (χ0n) is 14.9. The predicted octanol–water partition coefficient (Wildman–Crippen LogP) is 2.82. The first-order chi connectivity index (χ1) is 11.9. The molecule has 5 nitrogen and oxygen atoms in total. The van der Waals surface area contributed by atoms with Gasteiger partial charge < -0.3 is 5.32 Å². The summed E-state index contributed by atoms with van der Waals surface area (Å²) < 4.78 is 23.2. The fraction of sp³-hybridized carbons (Fsp3) is 0.632. The Labute approximate surface area is 150 Å². The van der Waals surface area contributed by atoms with Crippen molar-refractivity contribution < 1.29 is 13.2 Å². The highest BCUT2D eigenvalue weighted by atomic mass is 32.2. The second-order valence-electron chi connectivity index (χ2n) is 7.45. The zero-order chi connectivity index (χ0) is 17.9. The molecule has 138 valence electrons. The molecule has 1 aliphatic carbocycles. The summed E-state index contributed by atoms with van der Waals surface area (Å²) in [4.78, 5) is 14.8. The van der Waals surface area contributed by atoms with Gasteiger partial charge in [-0.2, -0.15) is 0 Å². The van der Waals surface area contributed by atoms with Gasteiger partial charge >= 0.3 is 0 Å². The fourth-order valence-electron chi connectivity index (χ4n) is 3.94. The summed E-state index contributed by atoms with van der Waals surface area (Å²) in [5.74, 6) is -0.497. The number of nitrogens with one attached hydrogen (secondary N) is 1. The predicted molar refractivity (Wildman–Crippen MR) is 100 cm³/mol. The van der Waals surface area contributed by atoms with Crippen LogP contribution in [0, 0.1) is 5.92 Å². The average Bonchev–Trinajstić information content (AvgIpc) is 2.97. The summed E-state index contributed by atoms with van der Waals surface area (Å²) in [5.41, 5.74) is 1.89. The van der Waals surface area contributed by atoms with Crippen molar-refractivity contribution in [3.63, 3.8) is 0 Å². The maximum atomic E-state index is 12.5. The van der Waals surface area contributed by atoms with Crippen LogP contribution in [0.1, 0.15) is 44.1 Å². The van der Waals surface area contributed by atoms with Crippen LogP contribution < -0.4 is 5.32 Å². The molecule has 1 aliphatic heterocycles. The molecular formula is C19H28N2O3S. The summed E-state index contributed by atoms with van der Waals surface area (Å²) in [6.45, 7) is 0.796. The van der Waals surface area contributed by atoms with E-state index >= 15 is 0 Å². The van der Waals surface area contributed by atoms with Gasteiger partial charge in [-0.25, -0.2) is 8.42 Å². The van der Waals surface area contributed by atoms with Gasteiger partial charge in [-0.05, 0) is 37.9 Å². The number of benzene rings is 1. The van der Waals surface area contributed by atoms with Crippen LogP contribution in [0.3, 0.4) is 0 Å². The van der Waals surface area contributed by atoms with Gasteiger partial charge in [0.25, 0.3) is 0 Å². The molecule has 25 heavy (non-hydrogen) atoms. The molecular weight excluding hydrogens is 336 g/mol. The van der Waals surface area contributed by atoms with Crippen LogP contribution in [0.4, 0.5) is 5.69 Å². The molecule has 1 atom stereocenters. The second kappa shape index (κ2) is 7.87. The molecule has 1 amide bonds. The highest BCUT2D eigenvalue weighted by Crippen LogP contribution is 2.26. The molecule has 1 heterocycles. The van der Waals surface area contributed by atoms with Crippen molar-refractivity contribution in [1.29, 1.82) is 0 Å². The summed E-state index contributed by atoms with van der Waals surface area (Å²) >= 11 is 0. The number of sulfone groups is 1. The number of nitrogens with zero attached hydrogens (tertiary/aromatic N) is 1. The van der Waals surface area contributed by atoms with Crippen molar-refractivity contribution in [3.05, 3.63) is 29.8 Å². The molecule has 1 N–H and O–H groups in total. The van der Waals surface area contributed by atoms with Crippen LogP contribution in [-0.2, 0) is 21.2 Å². The van der Waals surface area contributed by atoms with Crippen molar-refractivity contribution in [2.75, 3.05) is 23.9 Å². The number of carbonyl (C=O) groups excluding carboxylic acids is 1. The number of rotatable bonds is 5. The summed E-state index contributed by atoms with van der Waals surface area (Å²) in [6, 6.07) is 8.45. The Kier molecular flexibility index (Phi) is 5.79. The van der Waals surface area contributed by atoms with E-state index < -0.39 is 15.8 Å². The molecule has 1 saturated heterocycles. The number of carbonyl (C=O) groups is 1. The lowest BCUT2D eigenvalue weighted by Crippen LogP contribution is -2.33. The zero-order valence-corrected chi connectivity index (χ0v) is 15.7. The Morgan fingerprint density at radius 3 is 2.56 bits per heavy atom. The van der Waals surface area contributed by atoms with Crippen LogP contribution >= 0.6 is 0 Å². The maximum Gasteiger partial charge on any atom is 0.228 e. The van der Waals surface area contributed by atoms with E-state index in [1.54, 1.807) is 0 Å². The monoisotopic (exact) mass is 364 g/mol. The molecule has 6 heteroatoms. The molecule has 0 bridgehead atoms.